The van der Waals surface area contributed by atoms with Crippen LogP contribution in [0.4, 0.5) is 0 Å². The molecule has 468 valence electrons. The quantitative estimate of drug-likeness (QED) is 0.0261. The van der Waals surface area contributed by atoms with Gasteiger partial charge in [-0.05, 0) is 77.0 Å². The van der Waals surface area contributed by atoms with Crippen molar-refractivity contribution in [3.8, 4) is 0 Å². The van der Waals surface area contributed by atoms with Crippen LogP contribution in [0, 0.1) is 0 Å². The maximum absolute atomic E-state index is 13.0. The number of carbonyl (C=O) groups excluding carboxylic acids is 3. The average molecular weight is 1120 g/mol. The largest absolute Gasteiger partial charge is 0.462 e. The zero-order chi connectivity index (χ0) is 57.8. The molecule has 1 atom stereocenters. The Morgan fingerprint density at radius 3 is 0.775 bits per heavy atom. The third kappa shape index (κ3) is 66.2. The molecule has 0 radical (unpaired) electrons. The summed E-state index contributed by atoms with van der Waals surface area (Å²) < 4.78 is 17.0. The number of hydrogen-bond donors (Lipinski definition) is 0. The van der Waals surface area contributed by atoms with Gasteiger partial charge in [-0.25, -0.2) is 0 Å². The molecular formula is C74H136O6. The molecule has 0 N–H and O–H groups in total. The minimum absolute atomic E-state index is 0.0718. The Labute approximate surface area is 498 Å². The van der Waals surface area contributed by atoms with Crippen LogP contribution in [0.25, 0.3) is 0 Å². The van der Waals surface area contributed by atoms with Crippen LogP contribution < -0.4 is 0 Å². The molecule has 80 heavy (non-hydrogen) atoms. The standard InChI is InChI=1S/C74H136O6/c1-4-7-10-13-16-19-22-25-28-31-33-35-36-37-38-39-41-43-46-49-52-55-58-61-64-67-73(76)79-70-71(69-78-72(75)66-63-60-57-54-51-48-45-42-30-27-24-21-18-15-12-9-6-3)80-74(77)68-65-62-59-56-53-50-47-44-40-34-32-29-26-23-20-17-14-11-8-5-2/h9,12,18,21,27,30-31,33,71H,4-8,10-11,13-17,19-20,22-26,28-29,32,34-70H2,1-3H3/b12-9-,21-18-,30-27-,33-31-. The lowest BCUT2D eigenvalue weighted by Gasteiger charge is -2.18. The second-order valence-corrected chi connectivity index (χ2v) is 24.1. The fraction of sp³-hybridized carbons (Fsp3) is 0.851. The van der Waals surface area contributed by atoms with E-state index >= 15 is 0 Å². The summed E-state index contributed by atoms with van der Waals surface area (Å²) in [4.78, 5) is 38.5. The van der Waals surface area contributed by atoms with Crippen molar-refractivity contribution in [2.24, 2.45) is 0 Å². The number of ether oxygens (including phenoxy) is 3. The van der Waals surface area contributed by atoms with Crippen LogP contribution in [0.2, 0.25) is 0 Å². The molecule has 0 aromatic carbocycles. The van der Waals surface area contributed by atoms with Crippen LogP contribution in [0.3, 0.4) is 0 Å². The molecule has 0 bridgehead atoms. The minimum atomic E-state index is -0.777. The smallest absolute Gasteiger partial charge is 0.306 e. The van der Waals surface area contributed by atoms with Crippen LogP contribution in [-0.4, -0.2) is 37.2 Å². The van der Waals surface area contributed by atoms with Crippen molar-refractivity contribution in [2.45, 2.75) is 393 Å². The van der Waals surface area contributed by atoms with Gasteiger partial charge in [0.25, 0.3) is 0 Å². The van der Waals surface area contributed by atoms with Crippen molar-refractivity contribution in [3.05, 3.63) is 48.6 Å². The summed E-state index contributed by atoms with van der Waals surface area (Å²) >= 11 is 0. The van der Waals surface area contributed by atoms with Gasteiger partial charge in [0.15, 0.2) is 6.10 Å². The molecule has 6 nitrogen and oxygen atoms in total. The number of allylic oxidation sites excluding steroid dienone is 8. The number of hydrogen-bond acceptors (Lipinski definition) is 6. The van der Waals surface area contributed by atoms with Gasteiger partial charge in [0, 0.05) is 19.3 Å². The van der Waals surface area contributed by atoms with E-state index in [9.17, 15) is 14.4 Å². The first-order valence-corrected chi connectivity index (χ1v) is 35.6. The molecule has 0 aliphatic carbocycles. The number of esters is 3. The van der Waals surface area contributed by atoms with Gasteiger partial charge in [-0.3, -0.25) is 14.4 Å². The Morgan fingerprint density at radius 1 is 0.263 bits per heavy atom. The Kier molecular flexibility index (Phi) is 66.6. The Morgan fingerprint density at radius 2 is 0.487 bits per heavy atom. The van der Waals surface area contributed by atoms with Crippen molar-refractivity contribution in [1.82, 2.24) is 0 Å². The summed E-state index contributed by atoms with van der Waals surface area (Å²) in [6.07, 6.45) is 87.1. The van der Waals surface area contributed by atoms with Gasteiger partial charge in [0.2, 0.25) is 0 Å². The van der Waals surface area contributed by atoms with Gasteiger partial charge in [-0.15, -0.1) is 0 Å². The monoisotopic (exact) mass is 1120 g/mol. The lowest BCUT2D eigenvalue weighted by atomic mass is 10.0. The molecule has 0 saturated heterocycles. The normalized spacial score (nSPS) is 12.3. The zero-order valence-corrected chi connectivity index (χ0v) is 53.9. The molecular weight excluding hydrogens is 985 g/mol. The highest BCUT2D eigenvalue weighted by Crippen LogP contribution is 2.18. The third-order valence-corrected chi connectivity index (χ3v) is 16.1. The third-order valence-electron chi connectivity index (χ3n) is 16.1. The van der Waals surface area contributed by atoms with E-state index in [2.05, 4.69) is 69.4 Å². The molecule has 0 heterocycles. The minimum Gasteiger partial charge on any atom is -0.462 e. The molecule has 0 aromatic rings. The van der Waals surface area contributed by atoms with Gasteiger partial charge in [0.1, 0.15) is 13.2 Å². The fourth-order valence-electron chi connectivity index (χ4n) is 10.8. The first-order valence-electron chi connectivity index (χ1n) is 35.6. The molecule has 0 fully saturated rings. The maximum atomic E-state index is 13.0. The Balaban J connectivity index is 4.29. The number of unbranched alkanes of at least 4 members (excludes halogenated alkanes) is 47. The molecule has 0 amide bonds. The molecule has 0 aliphatic heterocycles. The van der Waals surface area contributed by atoms with E-state index in [1.807, 2.05) is 0 Å². The lowest BCUT2D eigenvalue weighted by Crippen LogP contribution is -2.30. The second-order valence-electron chi connectivity index (χ2n) is 24.1. The summed E-state index contributed by atoms with van der Waals surface area (Å²) in [5, 5.41) is 0. The summed E-state index contributed by atoms with van der Waals surface area (Å²) in [6, 6.07) is 0. The van der Waals surface area contributed by atoms with Gasteiger partial charge >= 0.3 is 17.9 Å². The van der Waals surface area contributed by atoms with Crippen molar-refractivity contribution < 1.29 is 28.6 Å². The molecule has 0 aromatic heterocycles. The van der Waals surface area contributed by atoms with Gasteiger partial charge in [-0.1, -0.05) is 339 Å². The van der Waals surface area contributed by atoms with Crippen molar-refractivity contribution >= 4 is 17.9 Å². The fourth-order valence-corrected chi connectivity index (χ4v) is 10.8. The number of carbonyl (C=O) groups is 3. The highest BCUT2D eigenvalue weighted by molar-refractivity contribution is 5.71. The highest BCUT2D eigenvalue weighted by Gasteiger charge is 2.19. The zero-order valence-electron chi connectivity index (χ0n) is 53.9. The van der Waals surface area contributed by atoms with E-state index in [0.717, 1.165) is 83.5 Å². The van der Waals surface area contributed by atoms with Gasteiger partial charge < -0.3 is 14.2 Å². The first kappa shape index (κ1) is 77.4. The van der Waals surface area contributed by atoms with E-state index in [1.54, 1.807) is 0 Å². The van der Waals surface area contributed by atoms with E-state index in [1.165, 1.54) is 263 Å². The summed E-state index contributed by atoms with van der Waals surface area (Å²) in [6.45, 7) is 6.60. The van der Waals surface area contributed by atoms with Crippen molar-refractivity contribution in [1.29, 1.82) is 0 Å². The molecule has 1 unspecified atom stereocenters. The predicted molar refractivity (Wildman–Crippen MR) is 349 cm³/mol. The van der Waals surface area contributed by atoms with Crippen LogP contribution >= 0.6 is 0 Å². The highest BCUT2D eigenvalue weighted by atomic mass is 16.6. The van der Waals surface area contributed by atoms with Crippen LogP contribution in [0.1, 0.15) is 387 Å². The first-order chi connectivity index (χ1) is 39.5. The van der Waals surface area contributed by atoms with E-state index in [4.69, 9.17) is 14.2 Å². The average Bonchev–Trinajstić information content (AvgIpc) is 3.46. The summed E-state index contributed by atoms with van der Waals surface area (Å²) in [5.41, 5.74) is 0. The molecule has 0 aliphatic rings. The van der Waals surface area contributed by atoms with Crippen LogP contribution in [0.5, 0.6) is 0 Å². The lowest BCUT2D eigenvalue weighted by molar-refractivity contribution is -0.167. The maximum Gasteiger partial charge on any atom is 0.306 e. The Bertz CT molecular complexity index is 1380. The van der Waals surface area contributed by atoms with E-state index in [-0.39, 0.29) is 31.1 Å². The predicted octanol–water partition coefficient (Wildman–Crippen LogP) is 24.5. The summed E-state index contributed by atoms with van der Waals surface area (Å²) in [5.74, 6) is -0.854. The second kappa shape index (κ2) is 68.9. The number of rotatable bonds is 66. The van der Waals surface area contributed by atoms with Gasteiger partial charge in [-0.2, -0.15) is 0 Å². The molecule has 0 spiro atoms. The van der Waals surface area contributed by atoms with E-state index in [0.29, 0.717) is 19.3 Å². The van der Waals surface area contributed by atoms with Crippen LogP contribution in [-0.2, 0) is 28.6 Å². The molecule has 0 saturated carbocycles. The molecule has 6 heteroatoms. The van der Waals surface area contributed by atoms with Crippen molar-refractivity contribution in [2.75, 3.05) is 13.2 Å². The van der Waals surface area contributed by atoms with Crippen LogP contribution in [0.15, 0.2) is 48.6 Å². The van der Waals surface area contributed by atoms with Crippen molar-refractivity contribution in [3.63, 3.8) is 0 Å². The summed E-state index contributed by atoms with van der Waals surface area (Å²) in [7, 11) is 0. The molecule has 0 rings (SSSR count). The SMILES string of the molecule is CC/C=C\C/C=C\C/C=C\CCCCCCCCCC(=O)OCC(COC(=O)CCCCCCCCCCCCCCC/C=C\CCCCCCCCCC)OC(=O)CCCCCCCCCCCCCCCCCCCCCC. The Hall–Kier alpha value is -2.63. The van der Waals surface area contributed by atoms with Gasteiger partial charge in [0.05, 0.1) is 0 Å². The van der Waals surface area contributed by atoms with E-state index < -0.39 is 6.10 Å². The topological polar surface area (TPSA) is 78.9 Å².